The van der Waals surface area contributed by atoms with Crippen LogP contribution < -0.4 is 11.3 Å². The zero-order valence-corrected chi connectivity index (χ0v) is 11.0. The Morgan fingerprint density at radius 1 is 1.37 bits per heavy atom. The SMILES string of the molecule is NNC(CCOCC(F)F)Cc1cc(Cl)ccc1F. The fourth-order valence-corrected chi connectivity index (χ4v) is 1.80. The minimum atomic E-state index is -2.49. The topological polar surface area (TPSA) is 47.3 Å². The van der Waals surface area contributed by atoms with Crippen LogP contribution in [-0.2, 0) is 11.2 Å². The molecule has 0 aliphatic heterocycles. The van der Waals surface area contributed by atoms with E-state index in [0.29, 0.717) is 23.4 Å². The van der Waals surface area contributed by atoms with Crippen LogP contribution in [0.5, 0.6) is 0 Å². The van der Waals surface area contributed by atoms with E-state index in [-0.39, 0.29) is 18.5 Å². The number of hydrogen-bond donors (Lipinski definition) is 2. The van der Waals surface area contributed by atoms with Gasteiger partial charge in [-0.1, -0.05) is 11.6 Å². The first-order valence-corrected chi connectivity index (χ1v) is 6.16. The van der Waals surface area contributed by atoms with Gasteiger partial charge in [-0.25, -0.2) is 13.2 Å². The molecule has 0 aliphatic carbocycles. The van der Waals surface area contributed by atoms with Crippen molar-refractivity contribution in [2.24, 2.45) is 5.84 Å². The summed E-state index contributed by atoms with van der Waals surface area (Å²) in [6.45, 7) is -0.482. The van der Waals surface area contributed by atoms with Crippen LogP contribution >= 0.6 is 11.6 Å². The number of halogens is 4. The zero-order chi connectivity index (χ0) is 14.3. The van der Waals surface area contributed by atoms with E-state index in [1.54, 1.807) is 0 Å². The normalized spacial score (nSPS) is 12.9. The molecular weight excluding hydrogens is 281 g/mol. The monoisotopic (exact) mass is 296 g/mol. The highest BCUT2D eigenvalue weighted by atomic mass is 35.5. The van der Waals surface area contributed by atoms with Gasteiger partial charge in [0, 0.05) is 17.7 Å². The molecule has 1 atom stereocenters. The Bertz CT molecular complexity index is 393. The van der Waals surface area contributed by atoms with Gasteiger partial charge in [-0.2, -0.15) is 0 Å². The minimum Gasteiger partial charge on any atom is -0.375 e. The number of rotatable bonds is 8. The van der Waals surface area contributed by atoms with Crippen molar-refractivity contribution in [1.29, 1.82) is 0 Å². The minimum absolute atomic E-state index is 0.126. The second-order valence-corrected chi connectivity index (χ2v) is 4.49. The summed E-state index contributed by atoms with van der Waals surface area (Å²) in [4.78, 5) is 0. The largest absolute Gasteiger partial charge is 0.375 e. The third kappa shape index (κ3) is 6.24. The molecule has 108 valence electrons. The first kappa shape index (κ1) is 16.2. The molecule has 3 N–H and O–H groups in total. The summed E-state index contributed by atoms with van der Waals surface area (Å²) in [5.74, 6) is 4.96. The first-order valence-electron chi connectivity index (χ1n) is 5.79. The van der Waals surface area contributed by atoms with E-state index >= 15 is 0 Å². The summed E-state index contributed by atoms with van der Waals surface area (Å²) in [6, 6.07) is 3.97. The predicted molar refractivity (Wildman–Crippen MR) is 67.7 cm³/mol. The van der Waals surface area contributed by atoms with Gasteiger partial charge in [-0.3, -0.25) is 11.3 Å². The van der Waals surface area contributed by atoms with Crippen LogP contribution in [0.4, 0.5) is 13.2 Å². The Morgan fingerprint density at radius 3 is 2.74 bits per heavy atom. The molecular formula is C12H16ClF3N2O. The van der Waals surface area contributed by atoms with Crippen molar-refractivity contribution in [1.82, 2.24) is 5.43 Å². The van der Waals surface area contributed by atoms with Crippen molar-refractivity contribution in [2.45, 2.75) is 25.3 Å². The molecule has 0 amide bonds. The van der Waals surface area contributed by atoms with Gasteiger partial charge in [-0.15, -0.1) is 0 Å². The molecule has 0 aliphatic rings. The van der Waals surface area contributed by atoms with Crippen LogP contribution in [0.2, 0.25) is 5.02 Å². The molecule has 0 saturated heterocycles. The van der Waals surface area contributed by atoms with E-state index in [2.05, 4.69) is 5.43 Å². The summed E-state index contributed by atoms with van der Waals surface area (Å²) in [5, 5.41) is 0.432. The highest BCUT2D eigenvalue weighted by molar-refractivity contribution is 6.30. The van der Waals surface area contributed by atoms with Crippen LogP contribution in [0.1, 0.15) is 12.0 Å². The number of nitrogens with one attached hydrogen (secondary N) is 1. The van der Waals surface area contributed by atoms with Crippen molar-refractivity contribution in [3.05, 3.63) is 34.6 Å². The second-order valence-electron chi connectivity index (χ2n) is 4.06. The van der Waals surface area contributed by atoms with Gasteiger partial charge < -0.3 is 4.74 Å². The average molecular weight is 297 g/mol. The van der Waals surface area contributed by atoms with Gasteiger partial charge in [0.25, 0.3) is 6.43 Å². The Hall–Kier alpha value is -0.820. The highest BCUT2D eigenvalue weighted by Crippen LogP contribution is 2.17. The maximum Gasteiger partial charge on any atom is 0.261 e. The van der Waals surface area contributed by atoms with E-state index in [9.17, 15) is 13.2 Å². The van der Waals surface area contributed by atoms with Crippen molar-refractivity contribution in [2.75, 3.05) is 13.2 Å². The van der Waals surface area contributed by atoms with Crippen molar-refractivity contribution < 1.29 is 17.9 Å². The van der Waals surface area contributed by atoms with E-state index in [1.807, 2.05) is 0 Å². The van der Waals surface area contributed by atoms with Crippen molar-refractivity contribution in [3.8, 4) is 0 Å². The third-order valence-corrected chi connectivity index (χ3v) is 2.80. The molecule has 3 nitrogen and oxygen atoms in total. The van der Waals surface area contributed by atoms with E-state index in [0.717, 1.165) is 0 Å². The number of hydrazine groups is 1. The molecule has 0 saturated carbocycles. The summed E-state index contributed by atoms with van der Waals surface area (Å²) >= 11 is 5.78. The van der Waals surface area contributed by atoms with Gasteiger partial charge >= 0.3 is 0 Å². The lowest BCUT2D eigenvalue weighted by Gasteiger charge is -2.16. The molecule has 0 fully saturated rings. The molecule has 0 aromatic heterocycles. The van der Waals surface area contributed by atoms with Gasteiger partial charge in [-0.05, 0) is 36.6 Å². The van der Waals surface area contributed by atoms with Gasteiger partial charge in [0.05, 0.1) is 0 Å². The Balaban J connectivity index is 2.45. The van der Waals surface area contributed by atoms with Crippen molar-refractivity contribution >= 4 is 11.6 Å². The molecule has 0 radical (unpaired) electrons. The molecule has 1 aromatic rings. The lowest BCUT2D eigenvalue weighted by Crippen LogP contribution is -2.38. The Labute approximate surface area is 114 Å². The highest BCUT2D eigenvalue weighted by Gasteiger charge is 2.12. The first-order chi connectivity index (χ1) is 9.02. The molecule has 1 unspecified atom stereocenters. The van der Waals surface area contributed by atoms with Gasteiger partial charge in [0.15, 0.2) is 0 Å². The molecule has 1 rings (SSSR count). The number of hydrogen-bond acceptors (Lipinski definition) is 3. The molecule has 0 spiro atoms. The zero-order valence-electron chi connectivity index (χ0n) is 10.2. The van der Waals surface area contributed by atoms with Crippen LogP contribution in [-0.4, -0.2) is 25.7 Å². The lowest BCUT2D eigenvalue weighted by molar-refractivity contribution is 0.0144. The summed E-state index contributed by atoms with van der Waals surface area (Å²) in [6.07, 6.45) is -1.79. The van der Waals surface area contributed by atoms with Gasteiger partial charge in [0.2, 0.25) is 0 Å². The Kier molecular flexibility index (Phi) is 7.15. The lowest BCUT2D eigenvalue weighted by atomic mass is 10.0. The van der Waals surface area contributed by atoms with E-state index in [1.165, 1.54) is 18.2 Å². The number of nitrogens with two attached hydrogens (primary N) is 1. The molecule has 7 heteroatoms. The standard InChI is InChI=1S/C12H16ClF3N2O/c13-9-1-2-11(14)8(5-9)6-10(18-17)3-4-19-7-12(15)16/h1-2,5,10,12,18H,3-4,6-7,17H2. The van der Waals surface area contributed by atoms with Crippen molar-refractivity contribution in [3.63, 3.8) is 0 Å². The van der Waals surface area contributed by atoms with Crippen LogP contribution in [0.15, 0.2) is 18.2 Å². The van der Waals surface area contributed by atoms with E-state index < -0.39 is 13.0 Å². The van der Waals surface area contributed by atoms with Crippen LogP contribution in [0, 0.1) is 5.82 Å². The smallest absolute Gasteiger partial charge is 0.261 e. The molecule has 1 aromatic carbocycles. The summed E-state index contributed by atoms with van der Waals surface area (Å²) < 4.78 is 42.0. The number of benzene rings is 1. The van der Waals surface area contributed by atoms with Crippen LogP contribution in [0.3, 0.4) is 0 Å². The number of ether oxygens (including phenoxy) is 1. The third-order valence-electron chi connectivity index (χ3n) is 2.56. The molecule has 19 heavy (non-hydrogen) atoms. The fraction of sp³-hybridized carbons (Fsp3) is 0.500. The maximum absolute atomic E-state index is 13.5. The fourth-order valence-electron chi connectivity index (χ4n) is 1.61. The average Bonchev–Trinajstić information content (AvgIpc) is 2.37. The summed E-state index contributed by atoms with van der Waals surface area (Å²) in [5.41, 5.74) is 2.93. The second kappa shape index (κ2) is 8.37. The Morgan fingerprint density at radius 2 is 2.11 bits per heavy atom. The molecule has 0 bridgehead atoms. The maximum atomic E-state index is 13.5. The van der Waals surface area contributed by atoms with E-state index in [4.69, 9.17) is 22.2 Å². The summed E-state index contributed by atoms with van der Waals surface area (Å²) in [7, 11) is 0. The molecule has 0 heterocycles. The predicted octanol–water partition coefficient (Wildman–Crippen LogP) is 2.53. The number of alkyl halides is 2. The van der Waals surface area contributed by atoms with Gasteiger partial charge in [0.1, 0.15) is 12.4 Å². The van der Waals surface area contributed by atoms with Crippen LogP contribution in [0.25, 0.3) is 0 Å². The quantitative estimate of drug-likeness (QED) is 0.440.